The SMILES string of the molecule is O=C(NCc1cc(F)cc(Br)c1)NC1CCc2c(F)cccc21. The number of urea groups is 1. The Balaban J connectivity index is 1.60. The number of hydrogen-bond donors (Lipinski definition) is 2. The van der Waals surface area contributed by atoms with E-state index in [4.69, 9.17) is 0 Å². The Morgan fingerprint density at radius 1 is 1.26 bits per heavy atom. The largest absolute Gasteiger partial charge is 0.334 e. The van der Waals surface area contributed by atoms with E-state index in [1.807, 2.05) is 6.07 Å². The number of fused-ring (bicyclic) bond motifs is 1. The zero-order valence-corrected chi connectivity index (χ0v) is 13.8. The molecule has 3 nitrogen and oxygen atoms in total. The number of nitrogens with one attached hydrogen (secondary N) is 2. The van der Waals surface area contributed by atoms with Crippen LogP contribution < -0.4 is 10.6 Å². The molecule has 23 heavy (non-hydrogen) atoms. The second-order valence-electron chi connectivity index (χ2n) is 5.50. The van der Waals surface area contributed by atoms with Gasteiger partial charge in [0.15, 0.2) is 0 Å². The summed E-state index contributed by atoms with van der Waals surface area (Å²) in [6, 6.07) is 8.83. The quantitative estimate of drug-likeness (QED) is 0.822. The van der Waals surface area contributed by atoms with Gasteiger partial charge >= 0.3 is 6.03 Å². The first kappa shape index (κ1) is 15.9. The lowest BCUT2D eigenvalue weighted by Gasteiger charge is -2.15. The van der Waals surface area contributed by atoms with E-state index in [1.165, 1.54) is 18.2 Å². The Morgan fingerprint density at radius 3 is 2.87 bits per heavy atom. The molecular weight excluding hydrogens is 366 g/mol. The van der Waals surface area contributed by atoms with E-state index in [2.05, 4.69) is 26.6 Å². The third kappa shape index (κ3) is 3.69. The second-order valence-corrected chi connectivity index (χ2v) is 6.42. The van der Waals surface area contributed by atoms with Crippen LogP contribution in [0.4, 0.5) is 13.6 Å². The van der Waals surface area contributed by atoms with Crippen molar-refractivity contribution in [3.8, 4) is 0 Å². The Labute approximate surface area is 141 Å². The molecule has 0 aromatic heterocycles. The van der Waals surface area contributed by atoms with Crippen LogP contribution >= 0.6 is 15.9 Å². The van der Waals surface area contributed by atoms with Crippen LogP contribution in [0, 0.1) is 11.6 Å². The summed E-state index contributed by atoms with van der Waals surface area (Å²) in [6.07, 6.45) is 1.29. The molecule has 6 heteroatoms. The van der Waals surface area contributed by atoms with Gasteiger partial charge in [-0.05, 0) is 53.8 Å². The molecule has 2 N–H and O–H groups in total. The molecule has 2 aromatic rings. The molecule has 1 atom stereocenters. The molecule has 120 valence electrons. The van der Waals surface area contributed by atoms with Crippen LogP contribution in [0.1, 0.15) is 29.2 Å². The fourth-order valence-corrected chi connectivity index (χ4v) is 3.38. The predicted octanol–water partition coefficient (Wildman–Crippen LogP) is 4.21. The van der Waals surface area contributed by atoms with Crippen LogP contribution in [0.25, 0.3) is 0 Å². The maximum atomic E-state index is 13.7. The topological polar surface area (TPSA) is 41.1 Å². The maximum Gasteiger partial charge on any atom is 0.315 e. The van der Waals surface area contributed by atoms with Crippen molar-refractivity contribution in [1.82, 2.24) is 10.6 Å². The van der Waals surface area contributed by atoms with Gasteiger partial charge in [-0.25, -0.2) is 13.6 Å². The summed E-state index contributed by atoms with van der Waals surface area (Å²) in [5.74, 6) is -0.589. The highest BCUT2D eigenvalue weighted by Crippen LogP contribution is 2.32. The first-order valence-corrected chi connectivity index (χ1v) is 8.09. The summed E-state index contributed by atoms with van der Waals surface area (Å²) < 4.78 is 27.6. The molecule has 0 spiro atoms. The zero-order valence-electron chi connectivity index (χ0n) is 12.2. The van der Waals surface area contributed by atoms with Crippen LogP contribution in [0.15, 0.2) is 40.9 Å². The van der Waals surface area contributed by atoms with Gasteiger partial charge in [0.05, 0.1) is 6.04 Å². The summed E-state index contributed by atoms with van der Waals surface area (Å²) in [7, 11) is 0. The molecule has 1 aliphatic carbocycles. The van der Waals surface area contributed by atoms with E-state index in [9.17, 15) is 13.6 Å². The Morgan fingerprint density at radius 2 is 2.09 bits per heavy atom. The molecule has 0 aliphatic heterocycles. The number of benzene rings is 2. The van der Waals surface area contributed by atoms with Gasteiger partial charge in [0.1, 0.15) is 11.6 Å². The van der Waals surface area contributed by atoms with E-state index in [0.29, 0.717) is 28.4 Å². The fourth-order valence-electron chi connectivity index (χ4n) is 2.86. The van der Waals surface area contributed by atoms with Gasteiger partial charge in [-0.15, -0.1) is 0 Å². The van der Waals surface area contributed by atoms with Gasteiger partial charge in [0.25, 0.3) is 0 Å². The van der Waals surface area contributed by atoms with Gasteiger partial charge in [-0.3, -0.25) is 0 Å². The van der Waals surface area contributed by atoms with Gasteiger partial charge in [-0.1, -0.05) is 28.1 Å². The smallest absolute Gasteiger partial charge is 0.315 e. The minimum atomic E-state index is -0.364. The van der Waals surface area contributed by atoms with E-state index < -0.39 is 0 Å². The average Bonchev–Trinajstić information content (AvgIpc) is 2.89. The first-order valence-electron chi connectivity index (χ1n) is 7.29. The van der Waals surface area contributed by atoms with Crippen LogP contribution in [0.2, 0.25) is 0 Å². The summed E-state index contributed by atoms with van der Waals surface area (Å²) in [4.78, 5) is 12.0. The van der Waals surface area contributed by atoms with Gasteiger partial charge in [-0.2, -0.15) is 0 Å². The molecule has 1 aliphatic rings. The molecule has 0 radical (unpaired) electrons. The molecule has 3 rings (SSSR count). The van der Waals surface area contributed by atoms with Crippen molar-refractivity contribution in [2.75, 3.05) is 0 Å². The third-order valence-corrected chi connectivity index (χ3v) is 4.35. The molecule has 0 saturated carbocycles. The summed E-state index contributed by atoms with van der Waals surface area (Å²) in [6.45, 7) is 0.213. The number of hydrogen-bond acceptors (Lipinski definition) is 1. The molecule has 2 amide bonds. The van der Waals surface area contributed by atoms with Crippen molar-refractivity contribution in [2.24, 2.45) is 0 Å². The minimum Gasteiger partial charge on any atom is -0.334 e. The van der Waals surface area contributed by atoms with Crippen molar-refractivity contribution in [3.05, 3.63) is 69.2 Å². The van der Waals surface area contributed by atoms with Crippen LogP contribution in [0.3, 0.4) is 0 Å². The lowest BCUT2D eigenvalue weighted by Crippen LogP contribution is -2.36. The first-order chi connectivity index (χ1) is 11.0. The Bertz CT molecular complexity index is 731. The number of carbonyl (C=O) groups is 1. The van der Waals surface area contributed by atoms with Crippen molar-refractivity contribution in [3.63, 3.8) is 0 Å². The maximum absolute atomic E-state index is 13.7. The van der Waals surface area contributed by atoms with E-state index >= 15 is 0 Å². The highest BCUT2D eigenvalue weighted by atomic mass is 79.9. The molecular formula is C17H15BrF2N2O. The van der Waals surface area contributed by atoms with E-state index in [0.717, 1.165) is 5.56 Å². The lowest BCUT2D eigenvalue weighted by atomic mass is 10.1. The summed E-state index contributed by atoms with van der Waals surface area (Å²) >= 11 is 3.21. The number of rotatable bonds is 3. The Hall–Kier alpha value is -1.95. The molecule has 0 saturated heterocycles. The molecule has 0 bridgehead atoms. The average molecular weight is 381 g/mol. The van der Waals surface area contributed by atoms with Gasteiger partial charge < -0.3 is 10.6 Å². The molecule has 0 fully saturated rings. The fraction of sp³-hybridized carbons (Fsp3) is 0.235. The van der Waals surface area contributed by atoms with Crippen LogP contribution in [-0.2, 0) is 13.0 Å². The second kappa shape index (κ2) is 6.66. The Kier molecular flexibility index (Phi) is 4.61. The standard InChI is InChI=1S/C17H15BrF2N2O/c18-11-6-10(7-12(19)8-11)9-21-17(23)22-16-5-4-13-14(16)2-1-3-15(13)20/h1-3,6-8,16H,4-5,9H2,(H2,21,22,23). The summed E-state index contributed by atoms with van der Waals surface area (Å²) in [5.41, 5.74) is 2.16. The van der Waals surface area contributed by atoms with Crippen LogP contribution in [0.5, 0.6) is 0 Å². The number of carbonyl (C=O) groups excluding carboxylic acids is 1. The van der Waals surface area contributed by atoms with Crippen molar-refractivity contribution in [2.45, 2.75) is 25.4 Å². The van der Waals surface area contributed by atoms with E-state index in [1.54, 1.807) is 12.1 Å². The molecule has 0 heterocycles. The third-order valence-electron chi connectivity index (χ3n) is 3.89. The monoisotopic (exact) mass is 380 g/mol. The minimum absolute atomic E-state index is 0.194. The zero-order chi connectivity index (χ0) is 16.4. The summed E-state index contributed by atoms with van der Waals surface area (Å²) in [5, 5.41) is 5.53. The highest BCUT2D eigenvalue weighted by molar-refractivity contribution is 9.10. The van der Waals surface area contributed by atoms with Gasteiger partial charge in [0.2, 0.25) is 0 Å². The van der Waals surface area contributed by atoms with E-state index in [-0.39, 0.29) is 30.3 Å². The number of halogens is 3. The highest BCUT2D eigenvalue weighted by Gasteiger charge is 2.25. The van der Waals surface area contributed by atoms with Crippen molar-refractivity contribution in [1.29, 1.82) is 0 Å². The van der Waals surface area contributed by atoms with Crippen molar-refractivity contribution >= 4 is 22.0 Å². The van der Waals surface area contributed by atoms with Crippen LogP contribution in [-0.4, -0.2) is 6.03 Å². The number of amides is 2. The molecule has 1 unspecified atom stereocenters. The van der Waals surface area contributed by atoms with Crippen molar-refractivity contribution < 1.29 is 13.6 Å². The molecule has 2 aromatic carbocycles. The normalized spacial score (nSPS) is 16.0. The van der Waals surface area contributed by atoms with Gasteiger partial charge in [0, 0.05) is 11.0 Å². The predicted molar refractivity (Wildman–Crippen MR) is 86.9 cm³/mol. The lowest BCUT2D eigenvalue weighted by molar-refractivity contribution is 0.236.